The van der Waals surface area contributed by atoms with Crippen molar-refractivity contribution in [2.45, 2.75) is 72.0 Å². The van der Waals surface area contributed by atoms with Gasteiger partial charge in [-0.05, 0) is 52.2 Å². The van der Waals surface area contributed by atoms with Crippen molar-refractivity contribution >= 4 is 0 Å². The molecule has 1 aliphatic rings. The van der Waals surface area contributed by atoms with Crippen LogP contribution in [0.25, 0.3) is 0 Å². The molecular formula is C16H31N5. The fourth-order valence-corrected chi connectivity index (χ4v) is 3.03. The monoisotopic (exact) mass is 293 g/mol. The highest BCUT2D eigenvalue weighted by Gasteiger charge is 2.15. The maximum absolute atomic E-state index is 4.35. The number of fused-ring (bicyclic) bond motifs is 1. The van der Waals surface area contributed by atoms with Crippen LogP contribution in [0.1, 0.15) is 58.1 Å². The fourth-order valence-electron chi connectivity index (χ4n) is 3.03. The van der Waals surface area contributed by atoms with Gasteiger partial charge in [-0.1, -0.05) is 13.8 Å². The molecule has 0 radical (unpaired) electrons. The summed E-state index contributed by atoms with van der Waals surface area (Å²) in [6.07, 6.45) is 6.09. The van der Waals surface area contributed by atoms with Gasteiger partial charge in [0.1, 0.15) is 11.6 Å². The van der Waals surface area contributed by atoms with Crippen LogP contribution in [0.2, 0.25) is 0 Å². The minimum atomic E-state index is 0.539. The van der Waals surface area contributed by atoms with E-state index in [4.69, 9.17) is 0 Å². The Morgan fingerprint density at radius 2 is 2.05 bits per heavy atom. The zero-order valence-corrected chi connectivity index (χ0v) is 13.9. The molecule has 1 unspecified atom stereocenters. The molecule has 21 heavy (non-hydrogen) atoms. The summed E-state index contributed by atoms with van der Waals surface area (Å²) in [6, 6.07) is 0.539. The van der Waals surface area contributed by atoms with Gasteiger partial charge < -0.3 is 14.8 Å². The lowest BCUT2D eigenvalue weighted by Gasteiger charge is -2.20. The molecule has 1 aromatic rings. The number of nitrogens with zero attached hydrogens (tertiary/aromatic N) is 4. The van der Waals surface area contributed by atoms with Gasteiger partial charge >= 0.3 is 0 Å². The summed E-state index contributed by atoms with van der Waals surface area (Å²) in [4.78, 5) is 2.49. The van der Waals surface area contributed by atoms with Crippen molar-refractivity contribution in [2.24, 2.45) is 0 Å². The average molecular weight is 293 g/mol. The van der Waals surface area contributed by atoms with Gasteiger partial charge in [-0.15, -0.1) is 10.2 Å². The average Bonchev–Trinajstić information content (AvgIpc) is 2.93. The van der Waals surface area contributed by atoms with Crippen LogP contribution in [-0.4, -0.2) is 45.3 Å². The van der Waals surface area contributed by atoms with Gasteiger partial charge in [0, 0.05) is 19.0 Å². The van der Waals surface area contributed by atoms with Crippen molar-refractivity contribution in [3.63, 3.8) is 0 Å². The van der Waals surface area contributed by atoms with Crippen molar-refractivity contribution in [3.05, 3.63) is 11.6 Å². The minimum Gasteiger partial charge on any atom is -0.314 e. The van der Waals surface area contributed by atoms with Crippen molar-refractivity contribution in [1.29, 1.82) is 0 Å². The molecule has 5 nitrogen and oxygen atoms in total. The second-order valence-corrected chi connectivity index (χ2v) is 6.09. The third-order valence-corrected chi connectivity index (χ3v) is 4.55. The van der Waals surface area contributed by atoms with E-state index >= 15 is 0 Å². The van der Waals surface area contributed by atoms with Crippen LogP contribution in [0.5, 0.6) is 0 Å². The smallest absolute Gasteiger partial charge is 0.147 e. The first-order chi connectivity index (χ1) is 10.2. The summed E-state index contributed by atoms with van der Waals surface area (Å²) in [5, 5.41) is 12.3. The quantitative estimate of drug-likeness (QED) is 0.758. The Morgan fingerprint density at radius 3 is 2.81 bits per heavy atom. The SMILES string of the molecule is CCN(CC)CCCC(C)NCc1nnc2n1CCCC2. The van der Waals surface area contributed by atoms with E-state index in [9.17, 15) is 0 Å². The van der Waals surface area contributed by atoms with Gasteiger partial charge in [0.2, 0.25) is 0 Å². The summed E-state index contributed by atoms with van der Waals surface area (Å²) in [5.74, 6) is 2.28. The lowest BCUT2D eigenvalue weighted by molar-refractivity contribution is 0.290. The molecule has 1 N–H and O–H groups in total. The molecule has 0 amide bonds. The molecule has 2 heterocycles. The first-order valence-corrected chi connectivity index (χ1v) is 8.61. The van der Waals surface area contributed by atoms with E-state index in [0.29, 0.717) is 6.04 Å². The van der Waals surface area contributed by atoms with Crippen LogP contribution in [0.15, 0.2) is 0 Å². The Balaban J connectivity index is 1.69. The number of rotatable bonds is 9. The van der Waals surface area contributed by atoms with Crippen molar-refractivity contribution < 1.29 is 0 Å². The number of aromatic nitrogens is 3. The predicted octanol–water partition coefficient (Wildman–Crippen LogP) is 2.21. The second kappa shape index (κ2) is 8.49. The first kappa shape index (κ1) is 16.4. The van der Waals surface area contributed by atoms with Crippen molar-refractivity contribution in [3.8, 4) is 0 Å². The summed E-state index contributed by atoms with van der Waals surface area (Å²) in [5.41, 5.74) is 0. The van der Waals surface area contributed by atoms with Crippen LogP contribution in [0.3, 0.4) is 0 Å². The van der Waals surface area contributed by atoms with Gasteiger partial charge in [0.05, 0.1) is 6.54 Å². The Labute approximate surface area is 129 Å². The second-order valence-electron chi connectivity index (χ2n) is 6.09. The molecule has 5 heteroatoms. The van der Waals surface area contributed by atoms with Crippen molar-refractivity contribution in [2.75, 3.05) is 19.6 Å². The summed E-state index contributed by atoms with van der Waals surface area (Å²) in [7, 11) is 0. The van der Waals surface area contributed by atoms with E-state index in [0.717, 1.165) is 38.4 Å². The Bertz CT molecular complexity index is 411. The highest BCUT2D eigenvalue weighted by Crippen LogP contribution is 2.14. The number of aryl methyl sites for hydroxylation is 1. The van der Waals surface area contributed by atoms with E-state index in [-0.39, 0.29) is 0 Å². The largest absolute Gasteiger partial charge is 0.314 e. The summed E-state index contributed by atoms with van der Waals surface area (Å²) < 4.78 is 2.30. The van der Waals surface area contributed by atoms with Gasteiger partial charge in [-0.25, -0.2) is 0 Å². The molecule has 2 rings (SSSR count). The zero-order valence-electron chi connectivity index (χ0n) is 13.9. The maximum atomic E-state index is 4.35. The molecule has 0 saturated heterocycles. The summed E-state index contributed by atoms with van der Waals surface area (Å²) in [6.45, 7) is 12.2. The number of nitrogens with one attached hydrogen (secondary N) is 1. The molecule has 0 bridgehead atoms. The number of hydrogen-bond donors (Lipinski definition) is 1. The Kier molecular flexibility index (Phi) is 6.64. The summed E-state index contributed by atoms with van der Waals surface area (Å²) >= 11 is 0. The van der Waals surface area contributed by atoms with Crippen LogP contribution in [0, 0.1) is 0 Å². The minimum absolute atomic E-state index is 0.539. The maximum Gasteiger partial charge on any atom is 0.147 e. The molecule has 0 fully saturated rings. The van der Waals surface area contributed by atoms with E-state index in [1.807, 2.05) is 0 Å². The van der Waals surface area contributed by atoms with Crippen LogP contribution >= 0.6 is 0 Å². The lowest BCUT2D eigenvalue weighted by atomic mass is 10.1. The molecule has 1 aliphatic heterocycles. The Morgan fingerprint density at radius 1 is 1.24 bits per heavy atom. The predicted molar refractivity (Wildman–Crippen MR) is 86.3 cm³/mol. The lowest BCUT2D eigenvalue weighted by Crippen LogP contribution is -2.30. The molecule has 120 valence electrons. The van der Waals surface area contributed by atoms with E-state index in [1.165, 1.54) is 38.1 Å². The normalized spacial score (nSPS) is 16.2. The highest BCUT2D eigenvalue weighted by molar-refractivity contribution is 4.98. The molecule has 0 aliphatic carbocycles. The van der Waals surface area contributed by atoms with Crippen LogP contribution in [0.4, 0.5) is 0 Å². The standard InChI is InChI=1S/C16H31N5/c1-4-20(5-2)11-8-9-14(3)17-13-16-19-18-15-10-6-7-12-21(15)16/h14,17H,4-13H2,1-3H3. The molecular weight excluding hydrogens is 262 g/mol. The van der Waals surface area contributed by atoms with Gasteiger partial charge in [-0.3, -0.25) is 0 Å². The topological polar surface area (TPSA) is 46.0 Å². The van der Waals surface area contributed by atoms with E-state index in [2.05, 4.69) is 45.8 Å². The molecule has 0 spiro atoms. The van der Waals surface area contributed by atoms with E-state index in [1.54, 1.807) is 0 Å². The highest BCUT2D eigenvalue weighted by atomic mass is 15.3. The molecule has 1 atom stereocenters. The molecule has 1 aromatic heterocycles. The first-order valence-electron chi connectivity index (χ1n) is 8.61. The number of hydrogen-bond acceptors (Lipinski definition) is 4. The van der Waals surface area contributed by atoms with Gasteiger partial charge in [0.25, 0.3) is 0 Å². The third-order valence-electron chi connectivity index (χ3n) is 4.55. The molecule has 0 aromatic carbocycles. The van der Waals surface area contributed by atoms with Crippen LogP contribution < -0.4 is 5.32 Å². The van der Waals surface area contributed by atoms with Crippen molar-refractivity contribution in [1.82, 2.24) is 25.0 Å². The zero-order chi connectivity index (χ0) is 15.1. The Hall–Kier alpha value is -0.940. The fraction of sp³-hybridized carbons (Fsp3) is 0.875. The van der Waals surface area contributed by atoms with Crippen LogP contribution in [-0.2, 0) is 19.5 Å². The van der Waals surface area contributed by atoms with E-state index < -0.39 is 0 Å². The van der Waals surface area contributed by atoms with Gasteiger partial charge in [-0.2, -0.15) is 0 Å². The third kappa shape index (κ3) is 4.78. The van der Waals surface area contributed by atoms with Gasteiger partial charge in [0.15, 0.2) is 0 Å². The molecule has 0 saturated carbocycles.